The standard InChI is InChI=1S/C41H46FN5O6S/c1-23(2)32-22-54-38(45-32)31-19-35(29-15-16-34(52-4)24(3)36(29)44-31)53-28-18-33-37(48)46-41(40(50)51)20-25(41)11-8-6-5-7-9-14-30(39(49)47(33)21-28)43-27-13-10-12-26(42)17-27/h8,10-13,15-17,19,22-23,25,28,30,33,43H,5-7,9,14,18,20-21H2,1-4H3,(H,46,48)(H,50,51)/t25-,28-,30+,33+,41-/m1/s1. The summed E-state index contributed by atoms with van der Waals surface area (Å²) < 4.78 is 26.6. The summed E-state index contributed by atoms with van der Waals surface area (Å²) in [6.45, 7) is 6.18. The number of pyridine rings is 1. The fraction of sp³-hybridized carbons (Fsp3) is 0.439. The summed E-state index contributed by atoms with van der Waals surface area (Å²) in [4.78, 5) is 52.7. The molecule has 3 N–H and O–H groups in total. The lowest BCUT2D eigenvalue weighted by atomic mass is 10.0. The number of carbonyl (C=O) groups excluding carboxylic acids is 2. The molecule has 0 spiro atoms. The minimum Gasteiger partial charge on any atom is -0.496 e. The number of amides is 2. The summed E-state index contributed by atoms with van der Waals surface area (Å²) in [6.07, 6.45) is 7.32. The second kappa shape index (κ2) is 15.4. The van der Waals surface area contributed by atoms with Crippen molar-refractivity contribution in [3.05, 3.63) is 77.1 Å². The van der Waals surface area contributed by atoms with E-state index in [9.17, 15) is 23.9 Å². The second-order valence-corrected chi connectivity index (χ2v) is 15.7. The molecule has 2 aromatic heterocycles. The van der Waals surface area contributed by atoms with Gasteiger partial charge < -0.3 is 30.1 Å². The molecular weight excluding hydrogens is 710 g/mol. The first-order valence-electron chi connectivity index (χ1n) is 18.6. The van der Waals surface area contributed by atoms with Crippen molar-refractivity contribution >= 4 is 45.7 Å². The van der Waals surface area contributed by atoms with Gasteiger partial charge in [-0.05, 0) is 68.9 Å². The Morgan fingerprint density at radius 3 is 2.70 bits per heavy atom. The van der Waals surface area contributed by atoms with E-state index in [4.69, 9.17) is 19.4 Å². The summed E-state index contributed by atoms with van der Waals surface area (Å²) in [5.41, 5.74) is 2.12. The minimum atomic E-state index is -1.43. The Kier molecular flexibility index (Phi) is 10.6. The highest BCUT2D eigenvalue weighted by atomic mass is 32.1. The lowest BCUT2D eigenvalue weighted by Gasteiger charge is -2.30. The van der Waals surface area contributed by atoms with Crippen LogP contribution in [0.3, 0.4) is 0 Å². The molecule has 1 saturated carbocycles. The van der Waals surface area contributed by atoms with E-state index in [0.29, 0.717) is 34.8 Å². The Balaban J connectivity index is 1.25. The van der Waals surface area contributed by atoms with Crippen molar-refractivity contribution in [2.24, 2.45) is 5.92 Å². The van der Waals surface area contributed by atoms with E-state index in [1.807, 2.05) is 42.7 Å². The number of methoxy groups -OCH3 is 1. The lowest BCUT2D eigenvalue weighted by Crippen LogP contribution is -2.55. The molecule has 2 amide bonds. The average molecular weight is 756 g/mol. The van der Waals surface area contributed by atoms with Crippen molar-refractivity contribution in [2.45, 2.75) is 95.4 Å². The highest BCUT2D eigenvalue weighted by Gasteiger charge is 2.61. The molecule has 4 aromatic rings. The predicted octanol–water partition coefficient (Wildman–Crippen LogP) is 7.25. The number of carboxylic acid groups (broad SMARTS) is 1. The normalized spacial score (nSPS) is 24.7. The van der Waals surface area contributed by atoms with Gasteiger partial charge in [-0.1, -0.05) is 44.9 Å². The number of thiazole rings is 1. The molecule has 2 fully saturated rings. The SMILES string of the molecule is COc1ccc2c(O[C@@H]3C[C@H]4C(=O)N[C@]5(C(=O)O)C[C@H]5C=CCCCCC[C@H](Nc5cccc(F)c5)C(=O)N4C3)cc(-c3nc(C(C)C)cs3)nc2c1C. The monoisotopic (exact) mass is 755 g/mol. The number of carboxylic acids is 1. The molecule has 3 aliphatic rings. The number of aliphatic carboxylic acids is 1. The number of halogens is 1. The van der Waals surface area contributed by atoms with Crippen LogP contribution in [-0.4, -0.2) is 75.1 Å². The van der Waals surface area contributed by atoms with E-state index in [1.165, 1.54) is 28.4 Å². The smallest absolute Gasteiger partial charge is 0.330 e. The molecule has 0 bridgehead atoms. The van der Waals surface area contributed by atoms with Gasteiger partial charge in [-0.2, -0.15) is 0 Å². The third-order valence-electron chi connectivity index (χ3n) is 10.8. The van der Waals surface area contributed by atoms with E-state index in [0.717, 1.165) is 47.3 Å². The quantitative estimate of drug-likeness (QED) is 0.159. The van der Waals surface area contributed by atoms with Gasteiger partial charge in [0.15, 0.2) is 0 Å². The maximum atomic E-state index is 14.6. The third kappa shape index (κ3) is 7.51. The Bertz CT molecular complexity index is 2100. The van der Waals surface area contributed by atoms with Crippen LogP contribution in [-0.2, 0) is 14.4 Å². The van der Waals surface area contributed by atoms with Crippen LogP contribution in [0.5, 0.6) is 11.5 Å². The maximum absolute atomic E-state index is 14.6. The largest absolute Gasteiger partial charge is 0.496 e. The van der Waals surface area contributed by atoms with Crippen LogP contribution >= 0.6 is 11.3 Å². The molecule has 54 heavy (non-hydrogen) atoms. The van der Waals surface area contributed by atoms with Crippen LogP contribution < -0.4 is 20.1 Å². The van der Waals surface area contributed by atoms with E-state index >= 15 is 0 Å². The number of aromatic nitrogens is 2. The number of hydrogen-bond acceptors (Lipinski definition) is 9. The number of anilines is 1. The molecule has 0 radical (unpaired) electrons. The molecule has 2 aromatic carbocycles. The first-order chi connectivity index (χ1) is 26.0. The molecule has 11 nitrogen and oxygen atoms in total. The van der Waals surface area contributed by atoms with Crippen molar-refractivity contribution in [2.75, 3.05) is 19.0 Å². The first kappa shape index (κ1) is 37.3. The van der Waals surface area contributed by atoms with E-state index in [2.05, 4.69) is 24.5 Å². The molecular formula is C41H46FN5O6S. The van der Waals surface area contributed by atoms with Gasteiger partial charge in [0.25, 0.3) is 0 Å². The lowest BCUT2D eigenvalue weighted by molar-refractivity contribution is -0.145. The van der Waals surface area contributed by atoms with Crippen molar-refractivity contribution in [1.82, 2.24) is 20.2 Å². The van der Waals surface area contributed by atoms with E-state index in [1.54, 1.807) is 19.2 Å². The molecule has 4 heterocycles. The molecule has 1 saturated heterocycles. The second-order valence-electron chi connectivity index (χ2n) is 14.9. The highest BCUT2D eigenvalue weighted by molar-refractivity contribution is 7.13. The van der Waals surface area contributed by atoms with Gasteiger partial charge in [0.1, 0.15) is 51.7 Å². The minimum absolute atomic E-state index is 0.0741. The van der Waals surface area contributed by atoms with Gasteiger partial charge >= 0.3 is 5.97 Å². The number of nitrogens with one attached hydrogen (secondary N) is 2. The number of benzene rings is 2. The number of carbonyl (C=O) groups is 3. The van der Waals surface area contributed by atoms with E-state index < -0.39 is 41.4 Å². The molecule has 0 unspecified atom stereocenters. The number of rotatable bonds is 8. The van der Waals surface area contributed by atoms with Gasteiger partial charge in [-0.3, -0.25) is 9.59 Å². The number of nitrogens with zero attached hydrogens (tertiary/aromatic N) is 3. The number of hydrogen-bond donors (Lipinski definition) is 3. The van der Waals surface area contributed by atoms with Crippen molar-refractivity contribution in [3.63, 3.8) is 0 Å². The van der Waals surface area contributed by atoms with E-state index in [-0.39, 0.29) is 37.1 Å². The summed E-state index contributed by atoms with van der Waals surface area (Å²) in [5.74, 6) is -1.32. The van der Waals surface area contributed by atoms with Crippen LogP contribution in [0.25, 0.3) is 21.6 Å². The van der Waals surface area contributed by atoms with Gasteiger partial charge in [0.2, 0.25) is 11.8 Å². The molecule has 1 aliphatic carbocycles. The zero-order valence-corrected chi connectivity index (χ0v) is 31.7. The predicted molar refractivity (Wildman–Crippen MR) is 205 cm³/mol. The summed E-state index contributed by atoms with van der Waals surface area (Å²) >= 11 is 1.50. The van der Waals surface area contributed by atoms with Crippen LogP contribution in [0.4, 0.5) is 10.1 Å². The van der Waals surface area contributed by atoms with Crippen LogP contribution in [0.1, 0.15) is 76.0 Å². The van der Waals surface area contributed by atoms with Crippen molar-refractivity contribution in [1.29, 1.82) is 0 Å². The Hall–Kier alpha value is -5.04. The number of allylic oxidation sites excluding steroid dienone is 1. The van der Waals surface area contributed by atoms with Crippen LogP contribution in [0, 0.1) is 18.7 Å². The number of aryl methyl sites for hydroxylation is 1. The third-order valence-corrected chi connectivity index (χ3v) is 11.7. The fourth-order valence-electron chi connectivity index (χ4n) is 7.58. The zero-order chi connectivity index (χ0) is 38.1. The first-order valence-corrected chi connectivity index (χ1v) is 19.5. The Labute approximate surface area is 318 Å². The topological polar surface area (TPSA) is 143 Å². The maximum Gasteiger partial charge on any atom is 0.330 e. The fourth-order valence-corrected chi connectivity index (χ4v) is 8.52. The van der Waals surface area contributed by atoms with Gasteiger partial charge in [-0.15, -0.1) is 11.3 Å². The molecule has 5 atom stereocenters. The number of ether oxygens (including phenoxy) is 2. The van der Waals surface area contributed by atoms with Crippen LogP contribution in [0.2, 0.25) is 0 Å². The Morgan fingerprint density at radius 2 is 1.96 bits per heavy atom. The van der Waals surface area contributed by atoms with Gasteiger partial charge in [0.05, 0.1) is 24.9 Å². The summed E-state index contributed by atoms with van der Waals surface area (Å²) in [7, 11) is 1.61. The van der Waals surface area contributed by atoms with Crippen LogP contribution in [0.15, 0.2) is 60.0 Å². The zero-order valence-electron chi connectivity index (χ0n) is 30.9. The van der Waals surface area contributed by atoms with Crippen molar-refractivity contribution in [3.8, 4) is 22.2 Å². The molecule has 13 heteroatoms. The van der Waals surface area contributed by atoms with Crippen molar-refractivity contribution < 1.29 is 33.4 Å². The molecule has 2 aliphatic heterocycles. The average Bonchev–Trinajstić information content (AvgIpc) is 3.44. The van der Waals surface area contributed by atoms with Gasteiger partial charge in [0, 0.05) is 40.4 Å². The Morgan fingerprint density at radius 1 is 1.13 bits per heavy atom. The summed E-state index contributed by atoms with van der Waals surface area (Å²) in [6, 6.07) is 9.79. The molecule has 284 valence electrons. The molecule has 7 rings (SSSR count). The summed E-state index contributed by atoms with van der Waals surface area (Å²) in [5, 5.41) is 19.8. The van der Waals surface area contributed by atoms with Gasteiger partial charge in [-0.25, -0.2) is 19.2 Å². The highest BCUT2D eigenvalue weighted by Crippen LogP contribution is 2.46. The number of fused-ring (bicyclic) bond motifs is 3.